The van der Waals surface area contributed by atoms with E-state index in [1.807, 2.05) is 78.2 Å². The van der Waals surface area contributed by atoms with Gasteiger partial charge in [0.25, 0.3) is 10.9 Å². The Morgan fingerprint density at radius 3 is 2.70 bits per heavy atom. The van der Waals surface area contributed by atoms with Crippen molar-refractivity contribution >= 4 is 56.6 Å². The van der Waals surface area contributed by atoms with Crippen LogP contribution in [-0.2, 0) is 26.0 Å². The Labute approximate surface area is 257 Å². The van der Waals surface area contributed by atoms with Gasteiger partial charge in [-0.3, -0.25) is 4.55 Å². The quantitative estimate of drug-likeness (QED) is 0.0267. The first-order chi connectivity index (χ1) is 20.7. The Hall–Kier alpha value is -3.20. The highest BCUT2D eigenvalue weighted by Crippen LogP contribution is 2.56. The molecule has 2 N–H and O–H groups in total. The van der Waals surface area contributed by atoms with E-state index < -0.39 is 15.5 Å². The van der Waals surface area contributed by atoms with Gasteiger partial charge in [-0.2, -0.15) is 17.5 Å². The summed E-state index contributed by atoms with van der Waals surface area (Å²) in [7, 11) is -4.36. The summed E-state index contributed by atoms with van der Waals surface area (Å²) in [6.45, 7) is 2.70. The monoisotopic (exact) mass is 644 g/mol. The lowest BCUT2D eigenvalue weighted by Gasteiger charge is -2.12. The molecule has 2 atom stereocenters. The number of nitrogens with zero attached hydrogens (tertiary/aromatic N) is 2. The largest absolute Gasteiger partial charge is 0.406 e. The maximum absolute atomic E-state index is 12.4. The van der Waals surface area contributed by atoms with Crippen molar-refractivity contribution in [1.29, 1.82) is 0 Å². The van der Waals surface area contributed by atoms with Crippen LogP contribution in [0.5, 0.6) is 5.75 Å². The second kappa shape index (κ2) is 12.1. The molecule has 6 rings (SSSR count). The van der Waals surface area contributed by atoms with Gasteiger partial charge >= 0.3 is 21.9 Å². The molecule has 2 aliphatic heterocycles. The molecule has 2 unspecified atom stereocenters. The first-order valence-electron chi connectivity index (χ1n) is 13.6. The highest BCUT2D eigenvalue weighted by Gasteiger charge is 2.72. The summed E-state index contributed by atoms with van der Waals surface area (Å²) in [4.78, 5) is 0. The van der Waals surface area contributed by atoms with E-state index in [-0.39, 0.29) is 11.0 Å². The number of quaternary nitrogens is 1. The Balaban J connectivity index is 1.39. The van der Waals surface area contributed by atoms with Crippen LogP contribution in [0.15, 0.2) is 88.7 Å². The molecule has 0 radical (unpaired) electrons. The molecule has 3 aromatic carbocycles. The minimum Gasteiger partial charge on any atom is -0.406 e. The van der Waals surface area contributed by atoms with Gasteiger partial charge in [-0.1, -0.05) is 60.0 Å². The molecule has 0 bridgehead atoms. The molecule has 1 saturated heterocycles. The predicted octanol–water partition coefficient (Wildman–Crippen LogP) is 6.76. The Morgan fingerprint density at radius 1 is 1.16 bits per heavy atom. The van der Waals surface area contributed by atoms with Crippen LogP contribution in [0.2, 0.25) is 5.02 Å². The molecule has 0 amide bonds. The molecule has 10 nitrogen and oxygen atoms in total. The minimum absolute atomic E-state index is 0.119. The second-order valence-electron chi connectivity index (χ2n) is 10.2. The third kappa shape index (κ3) is 5.85. The number of benzene rings is 3. The number of aryl methyl sites for hydroxylation is 1. The van der Waals surface area contributed by atoms with Crippen LogP contribution in [-0.4, -0.2) is 35.9 Å². The Bertz CT molecular complexity index is 1840. The van der Waals surface area contributed by atoms with Crippen molar-refractivity contribution in [2.24, 2.45) is 0 Å². The van der Waals surface area contributed by atoms with Gasteiger partial charge in [0, 0.05) is 47.4 Å². The van der Waals surface area contributed by atoms with Crippen LogP contribution >= 0.6 is 23.6 Å². The first kappa shape index (κ1) is 29.9. The zero-order chi connectivity index (χ0) is 30.2. The molecule has 224 valence electrons. The average molecular weight is 645 g/mol. The van der Waals surface area contributed by atoms with Crippen LogP contribution < -0.4 is 13.8 Å². The highest BCUT2D eigenvalue weighted by molar-refractivity contribution is 7.94. The molecule has 3 heterocycles. The van der Waals surface area contributed by atoms with E-state index in [0.29, 0.717) is 59.0 Å². The van der Waals surface area contributed by atoms with Crippen molar-refractivity contribution in [2.45, 2.75) is 31.7 Å². The van der Waals surface area contributed by atoms with E-state index >= 15 is 0 Å². The van der Waals surface area contributed by atoms with Gasteiger partial charge < -0.3 is 9.15 Å². The number of oxazole rings is 1. The average Bonchev–Trinajstić information content (AvgIpc) is 3.60. The maximum atomic E-state index is 12.4. The van der Waals surface area contributed by atoms with E-state index in [9.17, 15) is 13.0 Å². The lowest BCUT2D eigenvalue weighted by molar-refractivity contribution is -0.677. The summed E-state index contributed by atoms with van der Waals surface area (Å²) in [6, 6.07) is 20.9. The van der Waals surface area contributed by atoms with E-state index in [0.717, 1.165) is 34.3 Å². The minimum atomic E-state index is -4.36. The van der Waals surface area contributed by atoms with E-state index in [2.05, 4.69) is 9.37 Å². The van der Waals surface area contributed by atoms with Crippen molar-refractivity contribution in [3.63, 3.8) is 0 Å². The summed E-state index contributed by atoms with van der Waals surface area (Å²) in [5, 5.41) is 11.5. The summed E-state index contributed by atoms with van der Waals surface area (Å²) in [6.07, 6.45) is 4.98. The number of rotatable bonds is 11. The first-order valence-corrected chi connectivity index (χ1v) is 16.4. The fourth-order valence-electron chi connectivity index (χ4n) is 5.50. The number of hydrogen-bond acceptors (Lipinski definition) is 8. The molecule has 2 aliphatic rings. The van der Waals surface area contributed by atoms with E-state index in [4.69, 9.17) is 26.0 Å². The lowest BCUT2D eigenvalue weighted by Crippen LogP contribution is -2.35. The molecule has 0 saturated carbocycles. The number of halogens is 1. The smallest absolute Gasteiger partial charge is 0.374 e. The standard InChI is InChI=1S/C30H27ClN2O8S2/c1-2-20(15-28-32(13-6-14-42-41-40-34)24-18-23(31)10-12-26(24)38-28)16-29-33(19-30(33)43(35,36)37)25-17-22(9-11-27(25)39-29)21-7-4-3-5-8-21/h3-5,7-12,15-18,30H,2,6,13-14,19H2,1H3/p+2/b20-15+,29-16-. The molecule has 1 aromatic heterocycles. The molecule has 1 fully saturated rings. The van der Waals surface area contributed by atoms with Crippen molar-refractivity contribution in [3.05, 3.63) is 95.2 Å². The number of hydrogen-bond donors (Lipinski definition) is 2. The summed E-state index contributed by atoms with van der Waals surface area (Å²) < 4.78 is 53.8. The van der Waals surface area contributed by atoms with E-state index in [1.54, 1.807) is 12.1 Å². The van der Waals surface area contributed by atoms with Crippen LogP contribution in [0.3, 0.4) is 0 Å². The molecular formula is C30H29ClN2O8S2+2. The molecule has 43 heavy (non-hydrogen) atoms. The summed E-state index contributed by atoms with van der Waals surface area (Å²) in [5.41, 5.74) is 4.89. The molecule has 0 aliphatic carbocycles. The Kier molecular flexibility index (Phi) is 8.37. The zero-order valence-electron chi connectivity index (χ0n) is 23.1. The van der Waals surface area contributed by atoms with Crippen LogP contribution in [0, 0.1) is 0 Å². The molecular weight excluding hydrogens is 616 g/mol. The summed E-state index contributed by atoms with van der Waals surface area (Å²) in [5.74, 6) is 2.08. The maximum Gasteiger partial charge on any atom is 0.374 e. The SMILES string of the molecule is CCC(/C=C1\Oc2ccc(-c3ccccc3)cc2[N+]12CC2S(=O)(=O)O)=C\c1oc2ccc(Cl)cc2[n+]1CCCSOOO. The number of ether oxygens (including phenoxy) is 1. The van der Waals surface area contributed by atoms with Gasteiger partial charge in [-0.05, 0) is 41.3 Å². The van der Waals surface area contributed by atoms with Crippen molar-refractivity contribution in [1.82, 2.24) is 4.48 Å². The molecule has 4 aromatic rings. The predicted molar refractivity (Wildman–Crippen MR) is 164 cm³/mol. The van der Waals surface area contributed by atoms with Crippen LogP contribution in [0.4, 0.5) is 5.69 Å². The third-order valence-corrected chi connectivity index (χ3v) is 9.70. The van der Waals surface area contributed by atoms with Crippen molar-refractivity contribution in [2.75, 3.05) is 12.3 Å². The van der Waals surface area contributed by atoms with Gasteiger partial charge in [0.2, 0.25) is 5.58 Å². The molecule has 1 spiro atoms. The number of allylic oxidation sites excluding steroid dienone is 2. The topological polar surface area (TPSA) is 119 Å². The fraction of sp³-hybridized carbons (Fsp3) is 0.233. The van der Waals surface area contributed by atoms with Gasteiger partial charge in [0.15, 0.2) is 24.5 Å². The van der Waals surface area contributed by atoms with Gasteiger partial charge in [0.05, 0.1) is 6.08 Å². The van der Waals surface area contributed by atoms with Crippen LogP contribution in [0.1, 0.15) is 25.7 Å². The van der Waals surface area contributed by atoms with Gasteiger partial charge in [-0.25, -0.2) is 5.26 Å². The highest BCUT2D eigenvalue weighted by atomic mass is 35.5. The second-order valence-corrected chi connectivity index (χ2v) is 13.0. The van der Waals surface area contributed by atoms with E-state index in [1.165, 1.54) is 0 Å². The van der Waals surface area contributed by atoms with Crippen molar-refractivity contribution in [3.8, 4) is 16.9 Å². The summed E-state index contributed by atoms with van der Waals surface area (Å²) >= 11 is 7.27. The van der Waals surface area contributed by atoms with Crippen molar-refractivity contribution < 1.29 is 41.3 Å². The third-order valence-electron chi connectivity index (χ3n) is 7.66. The zero-order valence-corrected chi connectivity index (χ0v) is 25.4. The normalized spacial score (nSPS) is 20.6. The number of aromatic nitrogens is 1. The number of fused-ring (bicyclic) bond motifs is 3. The van der Waals surface area contributed by atoms with Gasteiger partial charge in [-0.15, -0.1) is 4.33 Å². The van der Waals surface area contributed by atoms with Gasteiger partial charge in [0.1, 0.15) is 0 Å². The Morgan fingerprint density at radius 2 is 1.98 bits per heavy atom. The molecule has 13 heteroatoms. The fourth-order valence-corrected chi connectivity index (χ4v) is 7.12. The van der Waals surface area contributed by atoms with Crippen LogP contribution in [0.25, 0.3) is 28.3 Å². The lowest BCUT2D eigenvalue weighted by atomic mass is 10.0.